The molecule has 2 unspecified atom stereocenters. The lowest BCUT2D eigenvalue weighted by molar-refractivity contribution is 0.318. The van der Waals surface area contributed by atoms with Crippen molar-refractivity contribution in [1.29, 1.82) is 0 Å². The Morgan fingerprint density at radius 3 is 2.35 bits per heavy atom. The molecule has 0 aliphatic rings. The van der Waals surface area contributed by atoms with E-state index < -0.39 is 0 Å². The normalized spacial score (nSPS) is 14.9. The molecule has 0 aliphatic carbocycles. The van der Waals surface area contributed by atoms with Gasteiger partial charge in [0.05, 0.1) is 0 Å². The molecule has 0 spiro atoms. The Morgan fingerprint density at radius 1 is 1.18 bits per heavy atom. The van der Waals surface area contributed by atoms with Crippen LogP contribution in [0.2, 0.25) is 0 Å². The molecule has 17 heavy (non-hydrogen) atoms. The predicted octanol–water partition coefficient (Wildman–Crippen LogP) is 3.07. The summed E-state index contributed by atoms with van der Waals surface area (Å²) in [7, 11) is 4.25. The highest BCUT2D eigenvalue weighted by Gasteiger charge is 2.14. The molecular formula is C15H26N2. The molecule has 2 atom stereocenters. The van der Waals surface area contributed by atoms with Crippen LogP contribution in [-0.2, 0) is 0 Å². The van der Waals surface area contributed by atoms with Gasteiger partial charge in [0.15, 0.2) is 0 Å². The summed E-state index contributed by atoms with van der Waals surface area (Å²) in [5.41, 5.74) is 1.38. The van der Waals surface area contributed by atoms with Crippen LogP contribution in [0.1, 0.15) is 38.3 Å². The molecule has 1 N–H and O–H groups in total. The highest BCUT2D eigenvalue weighted by atomic mass is 15.1. The first-order valence-electron chi connectivity index (χ1n) is 6.59. The van der Waals surface area contributed by atoms with Crippen LogP contribution in [0, 0.1) is 0 Å². The van der Waals surface area contributed by atoms with E-state index >= 15 is 0 Å². The molecule has 0 amide bonds. The summed E-state index contributed by atoms with van der Waals surface area (Å²) in [5, 5.41) is 3.72. The molecule has 2 heteroatoms. The molecule has 96 valence electrons. The molecule has 0 aliphatic heterocycles. The third kappa shape index (κ3) is 5.33. The lowest BCUT2D eigenvalue weighted by atomic mass is 10.0. The van der Waals surface area contributed by atoms with Gasteiger partial charge in [-0.15, -0.1) is 0 Å². The molecule has 0 aromatic heterocycles. The van der Waals surface area contributed by atoms with E-state index in [-0.39, 0.29) is 0 Å². The molecule has 1 rings (SSSR count). The number of rotatable bonds is 7. The first-order chi connectivity index (χ1) is 8.13. The summed E-state index contributed by atoms with van der Waals surface area (Å²) in [4.78, 5) is 2.24. The summed E-state index contributed by atoms with van der Waals surface area (Å²) < 4.78 is 0. The number of benzene rings is 1. The van der Waals surface area contributed by atoms with Gasteiger partial charge >= 0.3 is 0 Å². The summed E-state index contributed by atoms with van der Waals surface area (Å²) >= 11 is 0. The highest BCUT2D eigenvalue weighted by molar-refractivity contribution is 5.19. The van der Waals surface area contributed by atoms with E-state index in [2.05, 4.69) is 68.5 Å². The molecule has 2 nitrogen and oxygen atoms in total. The SMILES string of the molecule is CCCC(C)NC(CN(C)C)c1ccccc1. The van der Waals surface area contributed by atoms with Crippen LogP contribution in [-0.4, -0.2) is 31.6 Å². The van der Waals surface area contributed by atoms with Crippen molar-refractivity contribution >= 4 is 0 Å². The first-order valence-corrected chi connectivity index (χ1v) is 6.59. The van der Waals surface area contributed by atoms with Crippen LogP contribution in [0.3, 0.4) is 0 Å². The quantitative estimate of drug-likeness (QED) is 0.780. The van der Waals surface area contributed by atoms with Crippen molar-refractivity contribution < 1.29 is 0 Å². The van der Waals surface area contributed by atoms with Gasteiger partial charge in [0.25, 0.3) is 0 Å². The maximum atomic E-state index is 3.72. The standard InChI is InChI=1S/C15H26N2/c1-5-9-13(2)16-15(12-17(3)4)14-10-7-6-8-11-14/h6-8,10-11,13,15-16H,5,9,12H2,1-4H3. The van der Waals surface area contributed by atoms with Gasteiger partial charge in [-0.2, -0.15) is 0 Å². The lowest BCUT2D eigenvalue weighted by Crippen LogP contribution is -2.36. The number of hydrogen-bond acceptors (Lipinski definition) is 2. The van der Waals surface area contributed by atoms with E-state index in [0.29, 0.717) is 12.1 Å². The largest absolute Gasteiger partial charge is 0.308 e. The smallest absolute Gasteiger partial charge is 0.0451 e. The maximum Gasteiger partial charge on any atom is 0.0451 e. The van der Waals surface area contributed by atoms with Crippen molar-refractivity contribution in [1.82, 2.24) is 10.2 Å². The van der Waals surface area contributed by atoms with Gasteiger partial charge in [-0.05, 0) is 33.0 Å². The lowest BCUT2D eigenvalue weighted by Gasteiger charge is -2.26. The summed E-state index contributed by atoms with van der Waals surface area (Å²) in [6.45, 7) is 5.55. The van der Waals surface area contributed by atoms with E-state index in [9.17, 15) is 0 Å². The van der Waals surface area contributed by atoms with Crippen LogP contribution in [0.25, 0.3) is 0 Å². The summed E-state index contributed by atoms with van der Waals surface area (Å²) in [6.07, 6.45) is 2.47. The predicted molar refractivity (Wildman–Crippen MR) is 75.2 cm³/mol. The van der Waals surface area contributed by atoms with Gasteiger partial charge in [-0.25, -0.2) is 0 Å². The Bertz CT molecular complexity index is 295. The van der Waals surface area contributed by atoms with Crippen molar-refractivity contribution in [2.75, 3.05) is 20.6 Å². The molecule has 0 bridgehead atoms. The van der Waals surface area contributed by atoms with Crippen LogP contribution >= 0.6 is 0 Å². The van der Waals surface area contributed by atoms with Crippen molar-refractivity contribution in [3.63, 3.8) is 0 Å². The van der Waals surface area contributed by atoms with Crippen molar-refractivity contribution in [2.45, 2.75) is 38.8 Å². The fourth-order valence-corrected chi connectivity index (χ4v) is 2.16. The topological polar surface area (TPSA) is 15.3 Å². The van der Waals surface area contributed by atoms with Gasteiger partial charge in [-0.3, -0.25) is 0 Å². The van der Waals surface area contributed by atoms with E-state index in [1.54, 1.807) is 0 Å². The van der Waals surface area contributed by atoms with Crippen LogP contribution in [0.5, 0.6) is 0 Å². The van der Waals surface area contributed by atoms with E-state index in [4.69, 9.17) is 0 Å². The Hall–Kier alpha value is -0.860. The first kappa shape index (κ1) is 14.2. The minimum atomic E-state index is 0.424. The van der Waals surface area contributed by atoms with E-state index in [1.165, 1.54) is 18.4 Å². The zero-order valence-electron chi connectivity index (χ0n) is 11.6. The minimum Gasteiger partial charge on any atom is -0.308 e. The fourth-order valence-electron chi connectivity index (χ4n) is 2.16. The van der Waals surface area contributed by atoms with Crippen LogP contribution < -0.4 is 5.32 Å². The molecule has 0 saturated heterocycles. The number of likely N-dealkylation sites (N-methyl/N-ethyl adjacent to an activating group) is 1. The zero-order chi connectivity index (χ0) is 12.7. The molecule has 0 fully saturated rings. The van der Waals surface area contributed by atoms with Crippen LogP contribution in [0.4, 0.5) is 0 Å². The minimum absolute atomic E-state index is 0.424. The molecule has 0 heterocycles. The number of hydrogen-bond donors (Lipinski definition) is 1. The Labute approximate surface area is 106 Å². The average molecular weight is 234 g/mol. The van der Waals surface area contributed by atoms with Crippen molar-refractivity contribution in [2.24, 2.45) is 0 Å². The third-order valence-corrected chi connectivity index (χ3v) is 2.96. The summed E-state index contributed by atoms with van der Waals surface area (Å²) in [6, 6.07) is 11.7. The van der Waals surface area contributed by atoms with Gasteiger partial charge < -0.3 is 10.2 Å². The summed E-state index contributed by atoms with van der Waals surface area (Å²) in [5.74, 6) is 0. The Balaban J connectivity index is 2.67. The molecular weight excluding hydrogens is 208 g/mol. The second-order valence-corrected chi connectivity index (χ2v) is 5.08. The molecule has 0 saturated carbocycles. The highest BCUT2D eigenvalue weighted by Crippen LogP contribution is 2.15. The Kier molecular flexibility index (Phi) is 6.23. The number of nitrogens with one attached hydrogen (secondary N) is 1. The molecule has 1 aromatic carbocycles. The van der Waals surface area contributed by atoms with Crippen LogP contribution in [0.15, 0.2) is 30.3 Å². The maximum absolute atomic E-state index is 3.72. The monoisotopic (exact) mass is 234 g/mol. The fraction of sp³-hybridized carbons (Fsp3) is 0.600. The van der Waals surface area contributed by atoms with Gasteiger partial charge in [0.2, 0.25) is 0 Å². The van der Waals surface area contributed by atoms with Gasteiger partial charge in [-0.1, -0.05) is 43.7 Å². The third-order valence-electron chi connectivity index (χ3n) is 2.96. The second kappa shape index (κ2) is 7.46. The second-order valence-electron chi connectivity index (χ2n) is 5.08. The molecule has 0 radical (unpaired) electrons. The van der Waals surface area contributed by atoms with E-state index in [0.717, 1.165) is 6.54 Å². The Morgan fingerprint density at radius 2 is 1.82 bits per heavy atom. The number of nitrogens with zero attached hydrogens (tertiary/aromatic N) is 1. The van der Waals surface area contributed by atoms with Gasteiger partial charge in [0.1, 0.15) is 0 Å². The average Bonchev–Trinajstić information content (AvgIpc) is 2.29. The van der Waals surface area contributed by atoms with Gasteiger partial charge in [0, 0.05) is 18.6 Å². The van der Waals surface area contributed by atoms with Crippen molar-refractivity contribution in [3.8, 4) is 0 Å². The van der Waals surface area contributed by atoms with Crippen molar-refractivity contribution in [3.05, 3.63) is 35.9 Å². The van der Waals surface area contributed by atoms with E-state index in [1.807, 2.05) is 0 Å². The zero-order valence-corrected chi connectivity index (χ0v) is 11.6. The molecule has 1 aromatic rings.